The average molecular weight is 248 g/mol. The lowest BCUT2D eigenvalue weighted by molar-refractivity contribution is 0.124. The molecule has 2 aromatic heterocycles. The minimum atomic E-state index is -0.209. The van der Waals surface area contributed by atoms with E-state index in [9.17, 15) is 9.90 Å². The van der Waals surface area contributed by atoms with Crippen LogP contribution in [-0.2, 0) is 6.54 Å². The molecule has 0 amide bonds. The molecule has 0 bridgehead atoms. The molecule has 1 saturated carbocycles. The average Bonchev–Trinajstić information content (AvgIpc) is 2.92. The van der Waals surface area contributed by atoms with Gasteiger partial charge in [-0.2, -0.15) is 0 Å². The van der Waals surface area contributed by atoms with Crippen molar-refractivity contribution in [1.29, 1.82) is 0 Å². The van der Waals surface area contributed by atoms with E-state index in [4.69, 9.17) is 0 Å². The number of hydrogen-bond donors (Lipinski definition) is 1. The topological polar surface area (TPSA) is 72.4 Å². The third-order valence-electron chi connectivity index (χ3n) is 3.72. The molecule has 0 aliphatic heterocycles. The lowest BCUT2D eigenvalue weighted by atomic mass is 10.0. The first kappa shape index (κ1) is 11.4. The minimum Gasteiger partial charge on any atom is -0.393 e. The molecule has 3 rings (SSSR count). The van der Waals surface area contributed by atoms with Crippen LogP contribution in [0.15, 0.2) is 23.4 Å². The monoisotopic (exact) mass is 248 g/mol. The van der Waals surface area contributed by atoms with Crippen molar-refractivity contribution in [2.24, 2.45) is 5.92 Å². The van der Waals surface area contributed by atoms with Gasteiger partial charge >= 0.3 is 5.69 Å². The van der Waals surface area contributed by atoms with Crippen molar-refractivity contribution in [3.63, 3.8) is 0 Å². The van der Waals surface area contributed by atoms with Gasteiger partial charge in [0.2, 0.25) is 0 Å². The third kappa shape index (κ3) is 1.92. The molecule has 2 heterocycles. The summed E-state index contributed by atoms with van der Waals surface area (Å²) < 4.78 is 2.94. The highest BCUT2D eigenvalue weighted by Crippen LogP contribution is 2.28. The third-order valence-corrected chi connectivity index (χ3v) is 3.72. The molecule has 2 unspecified atom stereocenters. The van der Waals surface area contributed by atoms with Gasteiger partial charge in [0.05, 0.1) is 12.3 Å². The summed E-state index contributed by atoms with van der Waals surface area (Å²) in [6, 6.07) is 0. The minimum absolute atomic E-state index is 0.139. The number of rotatable bonds is 3. The largest absolute Gasteiger partial charge is 0.393 e. The fraction of sp³-hybridized carbons (Fsp3) is 0.583. The van der Waals surface area contributed by atoms with Crippen LogP contribution in [0.1, 0.15) is 25.7 Å². The molecule has 6 nitrogen and oxygen atoms in total. The number of hydrogen-bond acceptors (Lipinski definition) is 4. The first-order chi connectivity index (χ1) is 8.75. The molecular formula is C12H16N4O2. The zero-order chi connectivity index (χ0) is 12.5. The Morgan fingerprint density at radius 1 is 1.44 bits per heavy atom. The van der Waals surface area contributed by atoms with Gasteiger partial charge in [0.1, 0.15) is 0 Å². The smallest absolute Gasteiger partial charge is 0.350 e. The van der Waals surface area contributed by atoms with Gasteiger partial charge in [0.25, 0.3) is 0 Å². The molecule has 1 aliphatic rings. The molecule has 1 N–H and O–H groups in total. The van der Waals surface area contributed by atoms with Crippen LogP contribution in [0.2, 0.25) is 0 Å². The van der Waals surface area contributed by atoms with Gasteiger partial charge in [0, 0.05) is 18.9 Å². The summed E-state index contributed by atoms with van der Waals surface area (Å²) in [4.78, 5) is 15.9. The maximum absolute atomic E-state index is 12.0. The Morgan fingerprint density at radius 3 is 3.06 bits per heavy atom. The lowest BCUT2D eigenvalue weighted by Crippen LogP contribution is -2.24. The maximum Gasteiger partial charge on any atom is 0.350 e. The standard InChI is InChI=1S/C12H16N4O2/c17-10-3-1-2-9(10)4-6-16-12(18)15-7-5-13-8-11(15)14-16/h5,7-10,17H,1-4,6H2. The van der Waals surface area contributed by atoms with Gasteiger partial charge in [-0.15, -0.1) is 5.10 Å². The summed E-state index contributed by atoms with van der Waals surface area (Å²) in [5, 5.41) is 14.0. The highest BCUT2D eigenvalue weighted by molar-refractivity contribution is 5.31. The summed E-state index contributed by atoms with van der Waals surface area (Å²) in [5.74, 6) is 0.305. The molecule has 6 heteroatoms. The normalized spacial score (nSPS) is 23.8. The first-order valence-corrected chi connectivity index (χ1v) is 6.33. The van der Waals surface area contributed by atoms with E-state index < -0.39 is 0 Å². The highest BCUT2D eigenvalue weighted by atomic mass is 16.3. The molecule has 2 aromatic rings. The van der Waals surface area contributed by atoms with Crippen molar-refractivity contribution in [3.05, 3.63) is 29.1 Å². The van der Waals surface area contributed by atoms with E-state index in [1.54, 1.807) is 18.6 Å². The van der Waals surface area contributed by atoms with Gasteiger partial charge in [-0.1, -0.05) is 6.42 Å². The van der Waals surface area contributed by atoms with E-state index in [-0.39, 0.29) is 11.8 Å². The van der Waals surface area contributed by atoms with E-state index in [1.165, 1.54) is 9.08 Å². The van der Waals surface area contributed by atoms with Crippen LogP contribution in [0, 0.1) is 5.92 Å². The van der Waals surface area contributed by atoms with E-state index in [1.807, 2.05) is 0 Å². The SMILES string of the molecule is O=c1n(CCC2CCCC2O)nc2cnccn12. The highest BCUT2D eigenvalue weighted by Gasteiger charge is 2.25. The van der Waals surface area contributed by atoms with Gasteiger partial charge < -0.3 is 5.11 Å². The summed E-state index contributed by atoms with van der Waals surface area (Å²) in [6.45, 7) is 0.558. The van der Waals surface area contributed by atoms with Crippen molar-refractivity contribution in [3.8, 4) is 0 Å². The molecule has 96 valence electrons. The Morgan fingerprint density at radius 2 is 2.33 bits per heavy atom. The van der Waals surface area contributed by atoms with Crippen LogP contribution in [0.4, 0.5) is 0 Å². The van der Waals surface area contributed by atoms with Crippen LogP contribution in [-0.4, -0.2) is 30.4 Å². The Labute approximate surface area is 104 Å². The van der Waals surface area contributed by atoms with Crippen molar-refractivity contribution < 1.29 is 5.11 Å². The molecular weight excluding hydrogens is 232 g/mol. The predicted molar refractivity (Wildman–Crippen MR) is 65.2 cm³/mol. The number of aromatic nitrogens is 4. The molecule has 1 aliphatic carbocycles. The Bertz CT molecular complexity index is 603. The van der Waals surface area contributed by atoms with Gasteiger partial charge in [-0.05, 0) is 25.2 Å². The van der Waals surface area contributed by atoms with E-state index in [2.05, 4.69) is 10.1 Å². The molecule has 0 aromatic carbocycles. The van der Waals surface area contributed by atoms with Crippen molar-refractivity contribution >= 4 is 5.65 Å². The van der Waals surface area contributed by atoms with Crippen LogP contribution in [0.25, 0.3) is 5.65 Å². The zero-order valence-corrected chi connectivity index (χ0v) is 10.1. The van der Waals surface area contributed by atoms with Crippen LogP contribution >= 0.6 is 0 Å². The number of aryl methyl sites for hydroxylation is 1. The van der Waals surface area contributed by atoms with Crippen LogP contribution in [0.5, 0.6) is 0 Å². The molecule has 18 heavy (non-hydrogen) atoms. The molecule has 2 atom stereocenters. The Balaban J connectivity index is 1.78. The molecule has 0 spiro atoms. The van der Waals surface area contributed by atoms with Gasteiger partial charge in [-0.3, -0.25) is 4.98 Å². The fourth-order valence-corrected chi connectivity index (χ4v) is 2.67. The second-order valence-corrected chi connectivity index (χ2v) is 4.86. The molecule has 0 radical (unpaired) electrons. The van der Waals surface area contributed by atoms with Crippen LogP contribution in [0.3, 0.4) is 0 Å². The maximum atomic E-state index is 12.0. The first-order valence-electron chi connectivity index (χ1n) is 6.33. The second kappa shape index (κ2) is 4.53. The lowest BCUT2D eigenvalue weighted by Gasteiger charge is -2.13. The van der Waals surface area contributed by atoms with Crippen molar-refractivity contribution in [2.45, 2.75) is 38.3 Å². The Hall–Kier alpha value is -1.69. The fourth-order valence-electron chi connectivity index (χ4n) is 2.67. The van der Waals surface area contributed by atoms with Crippen LogP contribution < -0.4 is 5.69 Å². The van der Waals surface area contributed by atoms with Gasteiger partial charge in [0.15, 0.2) is 5.65 Å². The summed E-state index contributed by atoms with van der Waals surface area (Å²) in [5.41, 5.74) is 0.425. The number of aliphatic hydroxyl groups is 1. The molecule has 0 saturated heterocycles. The summed E-state index contributed by atoms with van der Waals surface area (Å²) >= 11 is 0. The van der Waals surface area contributed by atoms with E-state index in [0.717, 1.165) is 25.7 Å². The molecule has 1 fully saturated rings. The summed E-state index contributed by atoms with van der Waals surface area (Å²) in [6.07, 6.45) is 8.36. The second-order valence-electron chi connectivity index (χ2n) is 4.86. The van der Waals surface area contributed by atoms with Crippen molar-refractivity contribution in [2.75, 3.05) is 0 Å². The van der Waals surface area contributed by atoms with E-state index >= 15 is 0 Å². The number of fused-ring (bicyclic) bond motifs is 1. The predicted octanol–water partition coefficient (Wildman–Crippen LogP) is 0.442. The van der Waals surface area contributed by atoms with Crippen molar-refractivity contribution in [1.82, 2.24) is 19.2 Å². The quantitative estimate of drug-likeness (QED) is 0.855. The Kier molecular flexibility index (Phi) is 2.87. The number of nitrogens with zero attached hydrogens (tertiary/aromatic N) is 4. The van der Waals surface area contributed by atoms with Gasteiger partial charge in [-0.25, -0.2) is 13.9 Å². The number of aliphatic hydroxyl groups excluding tert-OH is 1. The van der Waals surface area contributed by atoms with E-state index in [0.29, 0.717) is 18.1 Å². The zero-order valence-electron chi connectivity index (χ0n) is 10.1. The summed E-state index contributed by atoms with van der Waals surface area (Å²) in [7, 11) is 0.